The molecule has 0 saturated heterocycles. The molecule has 1 aliphatic rings. The van der Waals surface area contributed by atoms with Crippen LogP contribution in [0.3, 0.4) is 0 Å². The molecule has 1 fully saturated rings. The molecule has 3 N–H and O–H groups in total. The van der Waals surface area contributed by atoms with Gasteiger partial charge in [0.1, 0.15) is 0 Å². The molecule has 2 unspecified atom stereocenters. The molecule has 1 rings (SSSR count). The number of rotatable bonds is 5. The average molecular weight is 254 g/mol. The zero-order valence-corrected chi connectivity index (χ0v) is 12.5. The predicted molar refractivity (Wildman–Crippen MR) is 76.2 cm³/mol. The Morgan fingerprint density at radius 1 is 1.44 bits per heavy atom. The zero-order chi connectivity index (χ0) is 13.8. The van der Waals surface area contributed by atoms with E-state index in [1.807, 2.05) is 0 Å². The highest BCUT2D eigenvalue weighted by atomic mass is 16.1. The minimum atomic E-state index is -0.0185. The Morgan fingerprint density at radius 3 is 2.61 bits per heavy atom. The minimum absolute atomic E-state index is 0.0185. The molecule has 1 saturated carbocycles. The van der Waals surface area contributed by atoms with Crippen LogP contribution >= 0.6 is 0 Å². The third-order valence-electron chi connectivity index (χ3n) is 3.96. The molecule has 0 aromatic heterocycles. The van der Waals surface area contributed by atoms with Crippen LogP contribution in [-0.2, 0) is 4.79 Å². The minimum Gasteiger partial charge on any atom is -0.353 e. The van der Waals surface area contributed by atoms with Gasteiger partial charge in [0.05, 0.1) is 5.92 Å². The van der Waals surface area contributed by atoms with Crippen LogP contribution in [0.4, 0.5) is 0 Å². The first-order chi connectivity index (χ1) is 8.34. The van der Waals surface area contributed by atoms with Crippen LogP contribution in [0.2, 0.25) is 0 Å². The molecule has 3 heteroatoms. The summed E-state index contributed by atoms with van der Waals surface area (Å²) in [6.07, 6.45) is 5.59. The molecule has 106 valence electrons. The van der Waals surface area contributed by atoms with E-state index in [0.717, 1.165) is 19.3 Å². The van der Waals surface area contributed by atoms with E-state index in [1.54, 1.807) is 0 Å². The molecular formula is C15H30N2O. The molecular weight excluding hydrogens is 224 g/mol. The van der Waals surface area contributed by atoms with E-state index in [9.17, 15) is 4.79 Å². The van der Waals surface area contributed by atoms with Gasteiger partial charge in [-0.15, -0.1) is 0 Å². The third-order valence-corrected chi connectivity index (χ3v) is 3.96. The van der Waals surface area contributed by atoms with E-state index < -0.39 is 0 Å². The molecule has 1 amide bonds. The van der Waals surface area contributed by atoms with Crippen LogP contribution in [-0.4, -0.2) is 18.5 Å². The molecule has 2 atom stereocenters. The van der Waals surface area contributed by atoms with Crippen molar-refractivity contribution >= 4 is 5.91 Å². The van der Waals surface area contributed by atoms with Gasteiger partial charge in [-0.05, 0) is 37.0 Å². The molecule has 0 aromatic rings. The van der Waals surface area contributed by atoms with Crippen LogP contribution < -0.4 is 11.1 Å². The van der Waals surface area contributed by atoms with Gasteiger partial charge < -0.3 is 11.1 Å². The number of nitrogens with one attached hydrogen (secondary N) is 1. The van der Waals surface area contributed by atoms with Gasteiger partial charge in [0, 0.05) is 12.6 Å². The van der Waals surface area contributed by atoms with Crippen molar-refractivity contribution in [3.05, 3.63) is 0 Å². The Labute approximate surface area is 112 Å². The highest BCUT2D eigenvalue weighted by molar-refractivity contribution is 5.79. The third kappa shape index (κ3) is 4.97. The smallest absolute Gasteiger partial charge is 0.224 e. The van der Waals surface area contributed by atoms with Gasteiger partial charge >= 0.3 is 0 Å². The van der Waals surface area contributed by atoms with Crippen molar-refractivity contribution in [2.24, 2.45) is 23.0 Å². The lowest BCUT2D eigenvalue weighted by atomic mass is 9.75. The van der Waals surface area contributed by atoms with Gasteiger partial charge in [-0.1, -0.05) is 34.1 Å². The Bertz CT molecular complexity index is 274. The van der Waals surface area contributed by atoms with Gasteiger partial charge in [-0.3, -0.25) is 4.79 Å². The highest BCUT2D eigenvalue weighted by Crippen LogP contribution is 2.35. The molecule has 0 bridgehead atoms. The first-order valence-corrected chi connectivity index (χ1v) is 7.34. The summed E-state index contributed by atoms with van der Waals surface area (Å²) in [6.45, 7) is 9.32. The predicted octanol–water partition coefficient (Wildman–Crippen LogP) is 2.69. The van der Waals surface area contributed by atoms with E-state index in [-0.39, 0.29) is 11.8 Å². The fourth-order valence-corrected chi connectivity index (χ4v) is 3.02. The summed E-state index contributed by atoms with van der Waals surface area (Å²) in [5, 5.41) is 3.21. The Balaban J connectivity index is 2.47. The monoisotopic (exact) mass is 254 g/mol. The Hall–Kier alpha value is -0.570. The van der Waals surface area contributed by atoms with E-state index in [1.165, 1.54) is 12.8 Å². The van der Waals surface area contributed by atoms with Crippen molar-refractivity contribution in [3.8, 4) is 0 Å². The Morgan fingerprint density at radius 2 is 2.11 bits per heavy atom. The number of nitrogens with two attached hydrogens (primary N) is 1. The zero-order valence-electron chi connectivity index (χ0n) is 12.5. The van der Waals surface area contributed by atoms with Crippen LogP contribution in [0.5, 0.6) is 0 Å². The molecule has 0 aromatic carbocycles. The lowest BCUT2D eigenvalue weighted by Crippen LogP contribution is -2.45. The van der Waals surface area contributed by atoms with Crippen LogP contribution in [0.25, 0.3) is 0 Å². The van der Waals surface area contributed by atoms with Crippen molar-refractivity contribution in [2.45, 2.75) is 65.8 Å². The van der Waals surface area contributed by atoms with Gasteiger partial charge in [-0.25, -0.2) is 0 Å². The number of amides is 1. The number of hydrogen-bond donors (Lipinski definition) is 2. The van der Waals surface area contributed by atoms with Gasteiger partial charge in [0.2, 0.25) is 5.91 Å². The maximum absolute atomic E-state index is 12.2. The number of hydrogen-bond acceptors (Lipinski definition) is 2. The second-order valence-electron chi connectivity index (χ2n) is 7.03. The topological polar surface area (TPSA) is 55.1 Å². The summed E-state index contributed by atoms with van der Waals surface area (Å²) in [4.78, 5) is 12.2. The second-order valence-corrected chi connectivity index (χ2v) is 7.03. The van der Waals surface area contributed by atoms with Gasteiger partial charge in [0.25, 0.3) is 0 Å². The summed E-state index contributed by atoms with van der Waals surface area (Å²) in [5.41, 5.74) is 6.09. The van der Waals surface area contributed by atoms with Crippen LogP contribution in [0.1, 0.15) is 59.8 Å². The van der Waals surface area contributed by atoms with Crippen molar-refractivity contribution < 1.29 is 4.79 Å². The molecule has 0 aliphatic heterocycles. The highest BCUT2D eigenvalue weighted by Gasteiger charge is 2.30. The summed E-state index contributed by atoms with van der Waals surface area (Å²) in [5.74, 6) is 0.663. The largest absolute Gasteiger partial charge is 0.353 e. The second kappa shape index (κ2) is 6.55. The van der Waals surface area contributed by atoms with Crippen LogP contribution in [0, 0.1) is 17.3 Å². The Kier molecular flexibility index (Phi) is 5.64. The molecule has 1 aliphatic carbocycles. The number of carbonyl (C=O) groups excluding carboxylic acids is 1. The molecule has 0 heterocycles. The van der Waals surface area contributed by atoms with Crippen molar-refractivity contribution in [2.75, 3.05) is 6.54 Å². The summed E-state index contributed by atoms with van der Waals surface area (Å²) < 4.78 is 0. The van der Waals surface area contributed by atoms with Crippen molar-refractivity contribution in [3.63, 3.8) is 0 Å². The van der Waals surface area contributed by atoms with E-state index in [0.29, 0.717) is 23.9 Å². The van der Waals surface area contributed by atoms with E-state index in [2.05, 4.69) is 33.0 Å². The maximum atomic E-state index is 12.2. The lowest BCUT2D eigenvalue weighted by molar-refractivity contribution is -0.126. The normalized spacial score (nSPS) is 24.9. The van der Waals surface area contributed by atoms with Gasteiger partial charge in [-0.2, -0.15) is 0 Å². The maximum Gasteiger partial charge on any atom is 0.224 e. The summed E-state index contributed by atoms with van der Waals surface area (Å²) in [7, 11) is 0. The van der Waals surface area contributed by atoms with Crippen molar-refractivity contribution in [1.82, 2.24) is 5.32 Å². The van der Waals surface area contributed by atoms with E-state index in [4.69, 9.17) is 5.73 Å². The van der Waals surface area contributed by atoms with Crippen LogP contribution in [0.15, 0.2) is 0 Å². The SMILES string of the molecule is CC(C)CC(CN)C(=O)NC1CCCC(C)(C)C1. The lowest BCUT2D eigenvalue weighted by Gasteiger charge is -2.36. The first-order valence-electron chi connectivity index (χ1n) is 7.34. The van der Waals surface area contributed by atoms with Gasteiger partial charge in [0.15, 0.2) is 0 Å². The first kappa shape index (κ1) is 15.5. The van der Waals surface area contributed by atoms with Crippen molar-refractivity contribution in [1.29, 1.82) is 0 Å². The molecule has 0 radical (unpaired) electrons. The fourth-order valence-electron chi connectivity index (χ4n) is 3.02. The quantitative estimate of drug-likeness (QED) is 0.792. The number of carbonyl (C=O) groups is 1. The standard InChI is InChI=1S/C15H30N2O/c1-11(2)8-12(10-16)14(18)17-13-6-5-7-15(3,4)9-13/h11-13H,5-10,16H2,1-4H3,(H,17,18). The van der Waals surface area contributed by atoms with E-state index >= 15 is 0 Å². The summed E-state index contributed by atoms with van der Waals surface area (Å²) >= 11 is 0. The average Bonchev–Trinajstić information content (AvgIpc) is 2.23. The molecule has 3 nitrogen and oxygen atoms in total. The molecule has 0 spiro atoms. The molecule has 18 heavy (non-hydrogen) atoms. The fraction of sp³-hybridized carbons (Fsp3) is 0.933. The summed E-state index contributed by atoms with van der Waals surface area (Å²) in [6, 6.07) is 0.350.